The van der Waals surface area contributed by atoms with E-state index < -0.39 is 19.0 Å². The summed E-state index contributed by atoms with van der Waals surface area (Å²) in [6, 6.07) is 0. The number of esters is 1. The number of rotatable bonds is 5. The SMILES string of the molecule is CC(=O)O[C@H]1CC[C@@]2(C)[C@@H](CC[C@@H]3[C@@H]2CC[C@]2(C)[C@@H](C(=O)C[C@H](O)C(F)F)CC[C@@H]32)C1. The number of aliphatic hydroxyl groups excluding tert-OH is 1. The normalized spacial score (nSPS) is 45.4. The van der Waals surface area contributed by atoms with Gasteiger partial charge < -0.3 is 9.84 Å². The number of hydrogen-bond donors (Lipinski definition) is 1. The molecule has 4 aliphatic rings. The Bertz CT molecular complexity index is 712. The Morgan fingerprint density at radius 1 is 1.00 bits per heavy atom. The van der Waals surface area contributed by atoms with Gasteiger partial charge in [0.2, 0.25) is 0 Å². The average Bonchev–Trinajstić information content (AvgIpc) is 3.05. The number of aliphatic hydroxyl groups is 1. The second-order valence-electron chi connectivity index (χ2n) is 11.4. The van der Waals surface area contributed by atoms with Crippen LogP contribution < -0.4 is 0 Å². The maximum atomic E-state index is 12.9. The van der Waals surface area contributed by atoms with Crippen LogP contribution in [0.3, 0.4) is 0 Å². The van der Waals surface area contributed by atoms with Crippen LogP contribution in [0.5, 0.6) is 0 Å². The Balaban J connectivity index is 1.47. The number of hydrogen-bond acceptors (Lipinski definition) is 4. The molecule has 0 unspecified atom stereocenters. The van der Waals surface area contributed by atoms with Crippen molar-refractivity contribution < 1.29 is 28.2 Å². The first kappa shape index (κ1) is 23.1. The average molecular weight is 441 g/mol. The minimum Gasteiger partial charge on any atom is -0.463 e. The molecule has 6 heteroatoms. The molecule has 0 aromatic heterocycles. The summed E-state index contributed by atoms with van der Waals surface area (Å²) in [5.41, 5.74) is 0.132. The summed E-state index contributed by atoms with van der Waals surface area (Å²) in [6.45, 7) is 6.15. The zero-order valence-corrected chi connectivity index (χ0v) is 19.1. The molecule has 0 aromatic carbocycles. The molecule has 9 atom stereocenters. The van der Waals surface area contributed by atoms with Gasteiger partial charge in [0.15, 0.2) is 0 Å². The van der Waals surface area contributed by atoms with Gasteiger partial charge in [0.05, 0.1) is 0 Å². The Morgan fingerprint density at radius 3 is 2.35 bits per heavy atom. The van der Waals surface area contributed by atoms with E-state index in [1.54, 1.807) is 0 Å². The van der Waals surface area contributed by atoms with Gasteiger partial charge in [-0.05, 0) is 92.3 Å². The van der Waals surface area contributed by atoms with Crippen LogP contribution in [0.25, 0.3) is 0 Å². The second kappa shape index (κ2) is 8.39. The lowest BCUT2D eigenvalue weighted by molar-refractivity contribution is -0.161. The molecule has 4 rings (SSSR count). The first-order valence-electron chi connectivity index (χ1n) is 12.2. The molecular formula is C25H38F2O4. The Morgan fingerprint density at radius 2 is 1.68 bits per heavy atom. The molecule has 0 aromatic rings. The van der Waals surface area contributed by atoms with Crippen molar-refractivity contribution in [2.24, 2.45) is 40.4 Å². The van der Waals surface area contributed by atoms with Crippen LogP contribution in [0.4, 0.5) is 8.78 Å². The molecule has 4 aliphatic carbocycles. The highest BCUT2D eigenvalue weighted by Crippen LogP contribution is 2.67. The van der Waals surface area contributed by atoms with E-state index in [9.17, 15) is 23.5 Å². The summed E-state index contributed by atoms with van der Waals surface area (Å²) in [5.74, 6) is 1.71. The molecule has 31 heavy (non-hydrogen) atoms. The number of ether oxygens (including phenoxy) is 1. The van der Waals surface area contributed by atoms with E-state index in [4.69, 9.17) is 4.74 Å². The van der Waals surface area contributed by atoms with Crippen molar-refractivity contribution in [2.75, 3.05) is 0 Å². The van der Waals surface area contributed by atoms with Gasteiger partial charge in [0.1, 0.15) is 18.0 Å². The minimum atomic E-state index is -2.86. The predicted molar refractivity (Wildman–Crippen MR) is 112 cm³/mol. The van der Waals surface area contributed by atoms with Gasteiger partial charge in [-0.25, -0.2) is 8.78 Å². The van der Waals surface area contributed by atoms with Gasteiger partial charge in [-0.15, -0.1) is 0 Å². The van der Waals surface area contributed by atoms with Crippen molar-refractivity contribution >= 4 is 11.8 Å². The van der Waals surface area contributed by atoms with Crippen molar-refractivity contribution in [1.82, 2.24) is 0 Å². The molecule has 1 N–H and O–H groups in total. The third kappa shape index (κ3) is 3.95. The van der Waals surface area contributed by atoms with Gasteiger partial charge in [-0.3, -0.25) is 9.59 Å². The number of Topliss-reactive ketones (excluding diaryl/α,β-unsaturated/α-hetero) is 1. The third-order valence-corrected chi connectivity index (χ3v) is 10.0. The fourth-order valence-corrected chi connectivity index (χ4v) is 8.53. The Kier molecular flexibility index (Phi) is 6.26. The monoisotopic (exact) mass is 440 g/mol. The van der Waals surface area contributed by atoms with E-state index in [0.717, 1.165) is 57.8 Å². The van der Waals surface area contributed by atoms with Crippen LogP contribution in [-0.2, 0) is 14.3 Å². The van der Waals surface area contributed by atoms with E-state index in [0.29, 0.717) is 23.7 Å². The zero-order valence-electron chi connectivity index (χ0n) is 19.1. The molecule has 0 saturated heterocycles. The summed E-state index contributed by atoms with van der Waals surface area (Å²) >= 11 is 0. The molecule has 176 valence electrons. The van der Waals surface area contributed by atoms with E-state index in [-0.39, 0.29) is 34.6 Å². The fraction of sp³-hybridized carbons (Fsp3) is 0.920. The van der Waals surface area contributed by atoms with Gasteiger partial charge in [-0.1, -0.05) is 13.8 Å². The lowest BCUT2D eigenvalue weighted by atomic mass is 9.44. The highest BCUT2D eigenvalue weighted by Gasteiger charge is 2.61. The maximum Gasteiger partial charge on any atom is 0.302 e. The number of halogens is 2. The first-order chi connectivity index (χ1) is 14.6. The number of fused-ring (bicyclic) bond motifs is 5. The van der Waals surface area contributed by atoms with Crippen LogP contribution in [0.15, 0.2) is 0 Å². The topological polar surface area (TPSA) is 63.6 Å². The van der Waals surface area contributed by atoms with Gasteiger partial charge in [0.25, 0.3) is 6.43 Å². The molecule has 0 spiro atoms. The lowest BCUT2D eigenvalue weighted by Gasteiger charge is -2.61. The van der Waals surface area contributed by atoms with E-state index in [2.05, 4.69) is 13.8 Å². The molecule has 4 saturated carbocycles. The molecule has 0 bridgehead atoms. The number of carbonyl (C=O) groups excluding carboxylic acids is 2. The largest absolute Gasteiger partial charge is 0.463 e. The Hall–Kier alpha value is -1.04. The van der Waals surface area contributed by atoms with Crippen LogP contribution in [-0.4, -0.2) is 35.5 Å². The van der Waals surface area contributed by atoms with Gasteiger partial charge in [-0.2, -0.15) is 0 Å². The predicted octanol–water partition coefficient (Wildman–Crippen LogP) is 5.16. The van der Waals surface area contributed by atoms with E-state index >= 15 is 0 Å². The Labute approximate surface area is 184 Å². The molecule has 0 aliphatic heterocycles. The third-order valence-electron chi connectivity index (χ3n) is 10.0. The van der Waals surface area contributed by atoms with E-state index in [1.165, 1.54) is 6.92 Å². The molecule has 4 fully saturated rings. The van der Waals surface area contributed by atoms with Crippen LogP contribution >= 0.6 is 0 Å². The molecule has 0 heterocycles. The molecule has 0 amide bonds. The minimum absolute atomic E-state index is 0.0516. The van der Waals surface area contributed by atoms with Crippen LogP contribution in [0, 0.1) is 40.4 Å². The quantitative estimate of drug-likeness (QED) is 0.600. The summed E-state index contributed by atoms with van der Waals surface area (Å²) in [5, 5.41) is 9.56. The maximum absolute atomic E-state index is 12.9. The number of carbonyl (C=O) groups is 2. The standard InChI is InChI=1S/C25H38F2O4/c1-14(28)31-16-8-10-24(2)15(12-16)4-5-17-18-6-7-20(21(29)13-22(30)23(26)27)25(18,3)11-9-19(17)24/h15-20,22-23,30H,4-13H2,1-3H3/t15-,16-,17-,18-,19-,20+,22-,24-,25-/m0/s1. The second-order valence-corrected chi connectivity index (χ2v) is 11.4. The lowest BCUT2D eigenvalue weighted by Crippen LogP contribution is -2.54. The zero-order chi connectivity index (χ0) is 22.6. The summed E-state index contributed by atoms with van der Waals surface area (Å²) < 4.78 is 31.1. The number of alkyl halides is 2. The highest BCUT2D eigenvalue weighted by atomic mass is 19.3. The van der Waals surface area contributed by atoms with Crippen molar-refractivity contribution in [3.8, 4) is 0 Å². The molecule has 0 radical (unpaired) electrons. The number of ketones is 1. The van der Waals surface area contributed by atoms with Crippen LogP contribution in [0.2, 0.25) is 0 Å². The van der Waals surface area contributed by atoms with Crippen molar-refractivity contribution in [3.05, 3.63) is 0 Å². The fourth-order valence-electron chi connectivity index (χ4n) is 8.53. The van der Waals surface area contributed by atoms with Crippen molar-refractivity contribution in [3.63, 3.8) is 0 Å². The van der Waals surface area contributed by atoms with Crippen LogP contribution in [0.1, 0.15) is 85.0 Å². The van der Waals surface area contributed by atoms with E-state index in [1.807, 2.05) is 0 Å². The summed E-state index contributed by atoms with van der Waals surface area (Å²) in [7, 11) is 0. The van der Waals surface area contributed by atoms with Crippen molar-refractivity contribution in [2.45, 2.75) is 104 Å². The summed E-state index contributed by atoms with van der Waals surface area (Å²) in [4.78, 5) is 24.3. The molecule has 4 nitrogen and oxygen atoms in total. The first-order valence-corrected chi connectivity index (χ1v) is 12.2. The highest BCUT2D eigenvalue weighted by molar-refractivity contribution is 5.82. The van der Waals surface area contributed by atoms with Crippen molar-refractivity contribution in [1.29, 1.82) is 0 Å². The molecular weight excluding hydrogens is 402 g/mol. The smallest absolute Gasteiger partial charge is 0.302 e. The van der Waals surface area contributed by atoms with Gasteiger partial charge in [0, 0.05) is 19.3 Å². The van der Waals surface area contributed by atoms with Gasteiger partial charge >= 0.3 is 5.97 Å². The summed E-state index contributed by atoms with van der Waals surface area (Å²) in [6.07, 6.45) is 4.04.